The van der Waals surface area contributed by atoms with E-state index in [0.29, 0.717) is 29.3 Å². The van der Waals surface area contributed by atoms with Gasteiger partial charge in [-0.25, -0.2) is 8.42 Å². The zero-order chi connectivity index (χ0) is 26.0. The van der Waals surface area contributed by atoms with Crippen LogP contribution in [-0.4, -0.2) is 45.3 Å². The molecule has 1 aliphatic rings. The van der Waals surface area contributed by atoms with Gasteiger partial charge in [0.1, 0.15) is 11.5 Å². The van der Waals surface area contributed by atoms with Gasteiger partial charge in [-0.2, -0.15) is 0 Å². The molecule has 0 unspecified atom stereocenters. The van der Waals surface area contributed by atoms with E-state index in [1.54, 1.807) is 25.3 Å². The minimum absolute atomic E-state index is 0.104. The summed E-state index contributed by atoms with van der Waals surface area (Å²) in [5.74, 6) is 0.694. The van der Waals surface area contributed by atoms with Crippen LogP contribution in [0.2, 0.25) is 0 Å². The summed E-state index contributed by atoms with van der Waals surface area (Å²) in [6.45, 7) is 0.403. The van der Waals surface area contributed by atoms with Crippen molar-refractivity contribution in [1.82, 2.24) is 10.2 Å². The number of sulfonamides is 1. The molecule has 4 aromatic rings. The summed E-state index contributed by atoms with van der Waals surface area (Å²) in [5.41, 5.74) is 2.46. The van der Waals surface area contributed by atoms with Crippen molar-refractivity contribution >= 4 is 27.6 Å². The van der Waals surface area contributed by atoms with E-state index in [2.05, 4.69) is 15.5 Å². The lowest BCUT2D eigenvalue weighted by Gasteiger charge is -2.30. The van der Waals surface area contributed by atoms with Gasteiger partial charge in [-0.3, -0.25) is 14.4 Å². The van der Waals surface area contributed by atoms with E-state index in [9.17, 15) is 13.2 Å². The molecule has 0 saturated carbocycles. The highest BCUT2D eigenvalue weighted by atomic mass is 32.2. The van der Waals surface area contributed by atoms with Crippen molar-refractivity contribution in [1.29, 1.82) is 0 Å². The number of nitrogens with one attached hydrogen (secondary N) is 1. The largest absolute Gasteiger partial charge is 0.497 e. The maximum Gasteiger partial charge on any atom is 0.322 e. The van der Waals surface area contributed by atoms with E-state index < -0.39 is 15.9 Å². The zero-order valence-electron chi connectivity index (χ0n) is 20.2. The summed E-state index contributed by atoms with van der Waals surface area (Å²) in [6, 6.07) is 18.2. The molecule has 0 radical (unpaired) electrons. The lowest BCUT2D eigenvalue weighted by atomic mass is 10.0. The minimum Gasteiger partial charge on any atom is -0.497 e. The predicted octanol–water partition coefficient (Wildman–Crippen LogP) is 4.15. The zero-order valence-corrected chi connectivity index (χ0v) is 21.0. The topological polar surface area (TPSA) is 124 Å². The summed E-state index contributed by atoms with van der Waals surface area (Å²) in [5, 5.41) is 10.4. The third-order valence-corrected chi connectivity index (χ3v) is 7.88. The summed E-state index contributed by atoms with van der Waals surface area (Å²) >= 11 is 0. The van der Waals surface area contributed by atoms with Gasteiger partial charge < -0.3 is 13.9 Å². The van der Waals surface area contributed by atoms with Crippen LogP contribution in [0.5, 0.6) is 11.5 Å². The van der Waals surface area contributed by atoms with E-state index in [-0.39, 0.29) is 22.4 Å². The first-order chi connectivity index (χ1) is 17.9. The molecule has 0 spiro atoms. The van der Waals surface area contributed by atoms with Crippen molar-refractivity contribution in [3.05, 3.63) is 77.9 Å². The summed E-state index contributed by atoms with van der Waals surface area (Å²) in [4.78, 5) is 12.9. The van der Waals surface area contributed by atoms with Gasteiger partial charge in [0.2, 0.25) is 0 Å². The first-order valence-corrected chi connectivity index (χ1v) is 12.9. The number of aryl methyl sites for hydroxylation is 1. The van der Waals surface area contributed by atoms with Gasteiger partial charge in [-0.1, -0.05) is 23.3 Å². The van der Waals surface area contributed by atoms with Gasteiger partial charge >= 0.3 is 6.01 Å². The average molecular weight is 521 g/mol. The van der Waals surface area contributed by atoms with Crippen LogP contribution in [-0.2, 0) is 16.4 Å². The fraction of sp³-hybridized carbons (Fsp3) is 0.192. The summed E-state index contributed by atoms with van der Waals surface area (Å²) in [7, 11) is -0.726. The van der Waals surface area contributed by atoms with Crippen molar-refractivity contribution in [2.45, 2.75) is 17.7 Å². The lowest BCUT2D eigenvalue weighted by molar-refractivity contribution is 0.102. The number of benzene rings is 3. The van der Waals surface area contributed by atoms with Crippen LogP contribution < -0.4 is 19.1 Å². The number of aromatic nitrogens is 2. The molecule has 1 aliphatic heterocycles. The third-order valence-electron chi connectivity index (χ3n) is 6.06. The lowest BCUT2D eigenvalue weighted by Crippen LogP contribution is -2.35. The Hall–Kier alpha value is -4.38. The SMILES string of the molecule is COc1ccc(-c2nnc(NC(=O)c3ccc(S(=O)(=O)N4CCCc5ccccc54)cc3)o2)c(OC)c1. The summed E-state index contributed by atoms with van der Waals surface area (Å²) < 4.78 is 44.2. The van der Waals surface area contributed by atoms with Gasteiger partial charge in [0, 0.05) is 18.2 Å². The summed E-state index contributed by atoms with van der Waals surface area (Å²) in [6.07, 6.45) is 1.58. The Bertz CT molecular complexity index is 1550. The number of amides is 1. The Kier molecular flexibility index (Phi) is 6.53. The Morgan fingerprint density at radius 2 is 1.78 bits per heavy atom. The third kappa shape index (κ3) is 4.73. The van der Waals surface area contributed by atoms with Crippen LogP contribution >= 0.6 is 0 Å². The molecule has 190 valence electrons. The number of carbonyl (C=O) groups is 1. The van der Waals surface area contributed by atoms with Crippen molar-refractivity contribution in [3.63, 3.8) is 0 Å². The molecule has 5 rings (SSSR count). The highest BCUT2D eigenvalue weighted by molar-refractivity contribution is 7.92. The monoisotopic (exact) mass is 520 g/mol. The van der Waals surface area contributed by atoms with Crippen LogP contribution in [0.1, 0.15) is 22.3 Å². The fourth-order valence-corrected chi connectivity index (χ4v) is 5.72. The molecule has 0 aliphatic carbocycles. The van der Waals surface area contributed by atoms with Crippen molar-refractivity contribution in [2.24, 2.45) is 0 Å². The van der Waals surface area contributed by atoms with E-state index >= 15 is 0 Å². The second-order valence-electron chi connectivity index (χ2n) is 8.27. The number of ether oxygens (including phenoxy) is 2. The number of methoxy groups -OCH3 is 2. The molecule has 37 heavy (non-hydrogen) atoms. The van der Waals surface area contributed by atoms with Gasteiger partial charge in [-0.05, 0) is 60.9 Å². The van der Waals surface area contributed by atoms with Crippen LogP contribution in [0.3, 0.4) is 0 Å². The highest BCUT2D eigenvalue weighted by Gasteiger charge is 2.29. The number of para-hydroxylation sites is 1. The smallest absolute Gasteiger partial charge is 0.322 e. The van der Waals surface area contributed by atoms with Crippen LogP contribution in [0.15, 0.2) is 76.0 Å². The standard InChI is InChI=1S/C26H24N4O6S/c1-34-19-11-14-21(23(16-19)35-2)25-28-29-26(36-25)27-24(31)18-9-12-20(13-10-18)37(32,33)30-15-5-7-17-6-3-4-8-22(17)30/h3-4,6,8-14,16H,5,7,15H2,1-2H3,(H,27,29,31). The normalized spacial score (nSPS) is 13.1. The second kappa shape index (κ2) is 9.94. The Morgan fingerprint density at radius 1 is 1.00 bits per heavy atom. The predicted molar refractivity (Wildman–Crippen MR) is 137 cm³/mol. The van der Waals surface area contributed by atoms with Crippen LogP contribution in [0, 0.1) is 0 Å². The number of rotatable bonds is 7. The van der Waals surface area contributed by atoms with Crippen LogP contribution in [0.25, 0.3) is 11.5 Å². The number of hydrogen-bond donors (Lipinski definition) is 1. The number of carbonyl (C=O) groups excluding carboxylic acids is 1. The van der Waals surface area contributed by atoms with E-state index in [0.717, 1.165) is 18.4 Å². The average Bonchev–Trinajstić information content (AvgIpc) is 3.40. The molecule has 0 saturated heterocycles. The first kappa shape index (κ1) is 24.3. The van der Waals surface area contributed by atoms with Gasteiger partial charge in [-0.15, -0.1) is 5.10 Å². The molecular formula is C26H24N4O6S. The molecule has 0 bridgehead atoms. The second-order valence-corrected chi connectivity index (χ2v) is 10.1. The Labute approximate surface area is 213 Å². The molecule has 0 fully saturated rings. The molecule has 1 N–H and O–H groups in total. The number of anilines is 2. The van der Waals surface area contributed by atoms with Gasteiger partial charge in [0.25, 0.3) is 21.8 Å². The van der Waals surface area contributed by atoms with Crippen molar-refractivity contribution in [3.8, 4) is 23.0 Å². The molecule has 10 nitrogen and oxygen atoms in total. The molecule has 1 amide bonds. The Morgan fingerprint density at radius 3 is 2.54 bits per heavy atom. The quantitative estimate of drug-likeness (QED) is 0.386. The fourth-order valence-electron chi connectivity index (χ4n) is 4.18. The van der Waals surface area contributed by atoms with E-state index in [1.165, 1.54) is 35.7 Å². The number of hydrogen-bond acceptors (Lipinski definition) is 8. The highest BCUT2D eigenvalue weighted by Crippen LogP contribution is 2.34. The van der Waals surface area contributed by atoms with E-state index in [4.69, 9.17) is 13.9 Å². The molecule has 2 heterocycles. The number of fused-ring (bicyclic) bond motifs is 1. The van der Waals surface area contributed by atoms with Crippen molar-refractivity contribution in [2.75, 3.05) is 30.4 Å². The van der Waals surface area contributed by atoms with E-state index in [1.807, 2.05) is 24.3 Å². The molecule has 1 aromatic heterocycles. The van der Waals surface area contributed by atoms with Crippen molar-refractivity contribution < 1.29 is 27.1 Å². The maximum atomic E-state index is 13.3. The van der Waals surface area contributed by atoms with Crippen LogP contribution in [0.4, 0.5) is 11.7 Å². The van der Waals surface area contributed by atoms with Gasteiger partial charge in [0.15, 0.2) is 0 Å². The van der Waals surface area contributed by atoms with Gasteiger partial charge in [0.05, 0.1) is 30.4 Å². The Balaban J connectivity index is 1.32. The maximum absolute atomic E-state index is 13.3. The molecule has 11 heteroatoms. The first-order valence-electron chi connectivity index (χ1n) is 11.5. The molecule has 3 aromatic carbocycles. The molecule has 0 atom stereocenters. The number of nitrogens with zero attached hydrogens (tertiary/aromatic N) is 3. The minimum atomic E-state index is -3.78. The molecular weight excluding hydrogens is 496 g/mol.